The Balaban J connectivity index is 2.43. The number of benzene rings is 1. The van der Waals surface area contributed by atoms with Crippen molar-refractivity contribution < 1.29 is 22.0 Å². The molecule has 1 aliphatic heterocycles. The molecule has 1 atom stereocenters. The number of piperidine rings is 1. The topological polar surface area (TPSA) is 15.3 Å². The summed E-state index contributed by atoms with van der Waals surface area (Å²) in [4.78, 5) is 1.11. The van der Waals surface area contributed by atoms with Crippen LogP contribution in [0.4, 0.5) is 27.6 Å². The van der Waals surface area contributed by atoms with Gasteiger partial charge in [-0.25, -0.2) is 22.0 Å². The van der Waals surface area contributed by atoms with E-state index in [0.717, 1.165) is 17.9 Å². The van der Waals surface area contributed by atoms with Gasteiger partial charge in [-0.1, -0.05) is 0 Å². The molecule has 0 aliphatic carbocycles. The molecule has 1 aliphatic rings. The molecule has 0 spiro atoms. The standard InChI is InChI=1S/C12H13F5N2/c1-19(6-3-2-4-18-5-6)12-10(16)8(14)7(13)9(15)11(12)17/h6,18H,2-5H2,1H3. The van der Waals surface area contributed by atoms with Crippen molar-refractivity contribution in [3.05, 3.63) is 29.1 Å². The molecule has 19 heavy (non-hydrogen) atoms. The highest BCUT2D eigenvalue weighted by atomic mass is 19.2. The summed E-state index contributed by atoms with van der Waals surface area (Å²) in [5.41, 5.74) is -0.870. The van der Waals surface area contributed by atoms with Crippen LogP contribution in [0.1, 0.15) is 12.8 Å². The van der Waals surface area contributed by atoms with Gasteiger partial charge in [0.15, 0.2) is 23.3 Å². The predicted molar refractivity (Wildman–Crippen MR) is 60.5 cm³/mol. The first kappa shape index (κ1) is 14.0. The van der Waals surface area contributed by atoms with Crippen molar-refractivity contribution in [3.63, 3.8) is 0 Å². The first-order valence-electron chi connectivity index (χ1n) is 5.90. The SMILES string of the molecule is CN(c1c(F)c(F)c(F)c(F)c1F)C1CCCNC1. The highest BCUT2D eigenvalue weighted by molar-refractivity contribution is 5.51. The van der Waals surface area contributed by atoms with Crippen LogP contribution < -0.4 is 10.2 Å². The molecule has 1 fully saturated rings. The Morgan fingerprint density at radius 3 is 1.95 bits per heavy atom. The summed E-state index contributed by atoms with van der Waals surface area (Å²) in [5, 5.41) is 3.02. The van der Waals surface area contributed by atoms with Gasteiger partial charge in [-0.3, -0.25) is 0 Å². The van der Waals surface area contributed by atoms with Gasteiger partial charge in [0.2, 0.25) is 5.82 Å². The maximum Gasteiger partial charge on any atom is 0.200 e. The molecule has 106 valence electrons. The van der Waals surface area contributed by atoms with Crippen molar-refractivity contribution in [2.45, 2.75) is 18.9 Å². The summed E-state index contributed by atoms with van der Waals surface area (Å²) >= 11 is 0. The van der Waals surface area contributed by atoms with Crippen LogP contribution in [0.5, 0.6) is 0 Å². The van der Waals surface area contributed by atoms with Gasteiger partial charge in [-0.15, -0.1) is 0 Å². The Bertz CT molecular complexity index is 456. The second-order valence-electron chi connectivity index (χ2n) is 4.53. The third kappa shape index (κ3) is 2.39. The number of anilines is 1. The fourth-order valence-electron chi connectivity index (χ4n) is 2.25. The summed E-state index contributed by atoms with van der Waals surface area (Å²) in [5.74, 6) is -9.53. The zero-order valence-corrected chi connectivity index (χ0v) is 10.2. The second kappa shape index (κ2) is 5.32. The Hall–Kier alpha value is -1.37. The van der Waals surface area contributed by atoms with Crippen molar-refractivity contribution in [1.82, 2.24) is 5.32 Å². The smallest absolute Gasteiger partial charge is 0.200 e. The molecule has 1 saturated heterocycles. The van der Waals surface area contributed by atoms with Crippen LogP contribution in [0.2, 0.25) is 0 Å². The fraction of sp³-hybridized carbons (Fsp3) is 0.500. The third-order valence-corrected chi connectivity index (χ3v) is 3.36. The normalized spacial score (nSPS) is 19.6. The van der Waals surface area contributed by atoms with E-state index in [1.54, 1.807) is 0 Å². The van der Waals surface area contributed by atoms with Gasteiger partial charge >= 0.3 is 0 Å². The molecule has 1 N–H and O–H groups in total. The van der Waals surface area contributed by atoms with Crippen molar-refractivity contribution in [2.24, 2.45) is 0 Å². The largest absolute Gasteiger partial charge is 0.365 e. The van der Waals surface area contributed by atoms with Crippen LogP contribution in [0.25, 0.3) is 0 Å². The molecule has 7 heteroatoms. The molecular formula is C12H13F5N2. The van der Waals surface area contributed by atoms with E-state index in [2.05, 4.69) is 5.32 Å². The van der Waals surface area contributed by atoms with E-state index in [-0.39, 0.29) is 6.04 Å². The number of hydrogen-bond donors (Lipinski definition) is 1. The summed E-state index contributed by atoms with van der Waals surface area (Å²) in [6.45, 7) is 1.22. The number of likely N-dealkylation sites (N-methyl/N-ethyl adjacent to an activating group) is 1. The molecule has 1 aromatic carbocycles. The first-order valence-corrected chi connectivity index (χ1v) is 5.90. The average molecular weight is 280 g/mol. The van der Waals surface area contributed by atoms with Crippen molar-refractivity contribution in [3.8, 4) is 0 Å². The Morgan fingerprint density at radius 1 is 0.947 bits per heavy atom. The molecule has 0 aromatic heterocycles. The molecule has 1 aromatic rings. The van der Waals surface area contributed by atoms with Crippen LogP contribution in [0, 0.1) is 29.1 Å². The van der Waals surface area contributed by atoms with Gasteiger partial charge in [0, 0.05) is 19.6 Å². The quantitative estimate of drug-likeness (QED) is 0.509. The molecule has 2 rings (SSSR count). The molecule has 0 saturated carbocycles. The minimum Gasteiger partial charge on any atom is -0.365 e. The summed E-state index contributed by atoms with van der Waals surface area (Å²) in [6, 6.07) is -0.304. The highest BCUT2D eigenvalue weighted by Gasteiger charge is 2.30. The van der Waals surface area contributed by atoms with Crippen molar-refractivity contribution in [1.29, 1.82) is 0 Å². The van der Waals surface area contributed by atoms with E-state index in [4.69, 9.17) is 0 Å². The maximum absolute atomic E-state index is 13.6. The van der Waals surface area contributed by atoms with Gasteiger partial charge in [-0.2, -0.15) is 0 Å². The zero-order valence-electron chi connectivity index (χ0n) is 10.2. The highest BCUT2D eigenvalue weighted by Crippen LogP contribution is 2.31. The van der Waals surface area contributed by atoms with Gasteiger partial charge < -0.3 is 10.2 Å². The molecule has 2 nitrogen and oxygen atoms in total. The zero-order chi connectivity index (χ0) is 14.2. The average Bonchev–Trinajstić information content (AvgIpc) is 2.44. The molecule has 0 radical (unpaired) electrons. The molecule has 1 unspecified atom stereocenters. The number of halogens is 5. The maximum atomic E-state index is 13.6. The molecule has 0 amide bonds. The van der Waals surface area contributed by atoms with Gasteiger partial charge in [-0.05, 0) is 19.4 Å². The minimum atomic E-state index is -2.13. The Morgan fingerprint density at radius 2 is 1.47 bits per heavy atom. The second-order valence-corrected chi connectivity index (χ2v) is 4.53. The van der Waals surface area contributed by atoms with E-state index in [1.165, 1.54) is 7.05 Å². The number of nitrogens with one attached hydrogen (secondary N) is 1. The lowest BCUT2D eigenvalue weighted by atomic mass is 10.1. The molecular weight excluding hydrogens is 267 g/mol. The summed E-state index contributed by atoms with van der Waals surface area (Å²) < 4.78 is 66.4. The van der Waals surface area contributed by atoms with Gasteiger partial charge in [0.1, 0.15) is 5.69 Å². The van der Waals surface area contributed by atoms with Crippen LogP contribution in [-0.2, 0) is 0 Å². The van der Waals surface area contributed by atoms with E-state index in [0.29, 0.717) is 13.0 Å². The van der Waals surface area contributed by atoms with Crippen molar-refractivity contribution in [2.75, 3.05) is 25.0 Å². The summed E-state index contributed by atoms with van der Waals surface area (Å²) in [6.07, 6.45) is 1.41. The van der Waals surface area contributed by atoms with Gasteiger partial charge in [0.05, 0.1) is 0 Å². The number of nitrogens with zero attached hydrogens (tertiary/aromatic N) is 1. The van der Waals surface area contributed by atoms with Crippen LogP contribution in [-0.4, -0.2) is 26.2 Å². The minimum absolute atomic E-state index is 0.304. The van der Waals surface area contributed by atoms with Crippen LogP contribution in [0.15, 0.2) is 0 Å². The van der Waals surface area contributed by atoms with Crippen molar-refractivity contribution >= 4 is 5.69 Å². The number of rotatable bonds is 2. The predicted octanol–water partition coefficient (Wildman–Crippen LogP) is 2.57. The Kier molecular flexibility index (Phi) is 3.93. The first-order chi connectivity index (χ1) is 8.95. The van der Waals surface area contributed by atoms with E-state index in [1.807, 2.05) is 0 Å². The lowest BCUT2D eigenvalue weighted by Crippen LogP contribution is -2.45. The van der Waals surface area contributed by atoms with E-state index >= 15 is 0 Å². The monoisotopic (exact) mass is 280 g/mol. The lowest BCUT2D eigenvalue weighted by Gasteiger charge is -2.33. The summed E-state index contributed by atoms with van der Waals surface area (Å²) in [7, 11) is 1.33. The van der Waals surface area contributed by atoms with E-state index in [9.17, 15) is 22.0 Å². The molecule has 1 heterocycles. The fourth-order valence-corrected chi connectivity index (χ4v) is 2.25. The van der Waals surface area contributed by atoms with Crippen LogP contribution >= 0.6 is 0 Å². The van der Waals surface area contributed by atoms with E-state index < -0.39 is 34.8 Å². The number of hydrogen-bond acceptors (Lipinski definition) is 2. The molecule has 0 bridgehead atoms. The van der Waals surface area contributed by atoms with Gasteiger partial charge in [0.25, 0.3) is 0 Å². The lowest BCUT2D eigenvalue weighted by molar-refractivity contribution is 0.372. The van der Waals surface area contributed by atoms with Crippen LogP contribution in [0.3, 0.4) is 0 Å². The Labute approximate surface area is 107 Å². The third-order valence-electron chi connectivity index (χ3n) is 3.36.